The van der Waals surface area contributed by atoms with Crippen LogP contribution in [-0.2, 0) is 0 Å². The Morgan fingerprint density at radius 3 is 2.05 bits per heavy atom. The van der Waals surface area contributed by atoms with Crippen LogP contribution in [0, 0.1) is 5.41 Å². The third-order valence-corrected chi connectivity index (χ3v) is 3.38. The van der Waals surface area contributed by atoms with Crippen LogP contribution in [0.3, 0.4) is 0 Å². The van der Waals surface area contributed by atoms with Gasteiger partial charge in [0.15, 0.2) is 0 Å². The fraction of sp³-hybridized carbons (Fsp3) is 1.00. The van der Waals surface area contributed by atoms with E-state index in [1.807, 2.05) is 13.8 Å². The molecule has 0 bridgehead atoms. The van der Waals surface area contributed by atoms with Crippen molar-refractivity contribution in [3.63, 3.8) is 0 Å². The lowest BCUT2D eigenvalue weighted by atomic mass is 9.86. The summed E-state index contributed by atoms with van der Waals surface area (Å²) >= 11 is 0. The summed E-state index contributed by atoms with van der Waals surface area (Å²) in [6.07, 6.45) is -1.44. The van der Waals surface area contributed by atoms with Crippen LogP contribution in [-0.4, -0.2) is 43.8 Å². The van der Waals surface area contributed by atoms with E-state index in [1.165, 1.54) is 4.90 Å². The molecule has 19 heavy (non-hydrogen) atoms. The van der Waals surface area contributed by atoms with E-state index >= 15 is 0 Å². The average molecular weight is 282 g/mol. The number of hydrogen-bond acceptors (Lipinski definition) is 2. The van der Waals surface area contributed by atoms with Crippen LogP contribution in [0.5, 0.6) is 0 Å². The highest BCUT2D eigenvalue weighted by Crippen LogP contribution is 2.24. The van der Waals surface area contributed by atoms with Crippen LogP contribution in [0.15, 0.2) is 0 Å². The quantitative estimate of drug-likeness (QED) is 0.615. The highest BCUT2D eigenvalue weighted by molar-refractivity contribution is 4.80. The van der Waals surface area contributed by atoms with Crippen molar-refractivity contribution < 1.29 is 13.2 Å². The number of alkyl halides is 3. The van der Waals surface area contributed by atoms with Gasteiger partial charge in [-0.15, -0.1) is 0 Å². The van der Waals surface area contributed by atoms with E-state index in [2.05, 4.69) is 19.2 Å². The van der Waals surface area contributed by atoms with Gasteiger partial charge in [-0.25, -0.2) is 0 Å². The molecule has 1 unspecified atom stereocenters. The molecule has 0 radical (unpaired) electrons. The van der Waals surface area contributed by atoms with Crippen molar-refractivity contribution in [2.75, 3.05) is 32.7 Å². The van der Waals surface area contributed by atoms with Crippen LogP contribution < -0.4 is 5.32 Å². The largest absolute Gasteiger partial charge is 0.401 e. The maximum atomic E-state index is 12.6. The Morgan fingerprint density at radius 1 is 1.00 bits per heavy atom. The molecule has 0 saturated carbocycles. The predicted molar refractivity (Wildman–Crippen MR) is 74.3 cm³/mol. The Bertz CT molecular complexity index is 231. The summed E-state index contributed by atoms with van der Waals surface area (Å²) in [6.45, 7) is 10.0. The molecular weight excluding hydrogens is 253 g/mol. The molecule has 0 aromatic heterocycles. The summed E-state index contributed by atoms with van der Waals surface area (Å²) in [6, 6.07) is 0. The molecule has 0 spiro atoms. The summed E-state index contributed by atoms with van der Waals surface area (Å²) in [7, 11) is 0. The van der Waals surface area contributed by atoms with Crippen LogP contribution in [0.4, 0.5) is 13.2 Å². The Hall–Kier alpha value is -0.290. The van der Waals surface area contributed by atoms with E-state index in [9.17, 15) is 13.2 Å². The number of nitrogens with one attached hydrogen (secondary N) is 1. The maximum absolute atomic E-state index is 12.6. The van der Waals surface area contributed by atoms with Gasteiger partial charge >= 0.3 is 6.18 Å². The van der Waals surface area contributed by atoms with E-state index in [-0.39, 0.29) is 5.41 Å². The lowest BCUT2D eigenvalue weighted by Crippen LogP contribution is -2.45. The molecule has 0 saturated heterocycles. The number of hydrogen-bond donors (Lipinski definition) is 1. The van der Waals surface area contributed by atoms with Crippen molar-refractivity contribution in [3.8, 4) is 0 Å². The third kappa shape index (κ3) is 9.27. The van der Waals surface area contributed by atoms with Gasteiger partial charge in [0.1, 0.15) is 0 Å². The normalized spacial score (nSPS) is 15.8. The molecule has 0 aromatic rings. The van der Waals surface area contributed by atoms with Crippen molar-refractivity contribution in [1.82, 2.24) is 10.2 Å². The molecule has 0 aliphatic carbocycles. The zero-order valence-electron chi connectivity index (χ0n) is 12.7. The minimum absolute atomic E-state index is 0.102. The molecule has 0 rings (SSSR count). The summed E-state index contributed by atoms with van der Waals surface area (Å²) in [5.41, 5.74) is -0.102. The fourth-order valence-electron chi connectivity index (χ4n) is 2.18. The molecule has 1 atom stereocenters. The van der Waals surface area contributed by atoms with Crippen molar-refractivity contribution in [2.24, 2.45) is 5.41 Å². The van der Waals surface area contributed by atoms with Gasteiger partial charge in [0, 0.05) is 13.1 Å². The summed E-state index contributed by atoms with van der Waals surface area (Å²) in [5, 5.41) is 3.33. The first-order chi connectivity index (χ1) is 8.76. The highest BCUT2D eigenvalue weighted by atomic mass is 19.4. The summed E-state index contributed by atoms with van der Waals surface area (Å²) in [4.78, 5) is 1.54. The van der Waals surface area contributed by atoms with Crippen LogP contribution in [0.2, 0.25) is 0 Å². The van der Waals surface area contributed by atoms with E-state index in [0.29, 0.717) is 13.1 Å². The third-order valence-electron chi connectivity index (χ3n) is 3.38. The van der Waals surface area contributed by atoms with Crippen LogP contribution in [0.25, 0.3) is 0 Å². The zero-order valence-corrected chi connectivity index (χ0v) is 12.7. The molecular formula is C14H29F3N2. The summed E-state index contributed by atoms with van der Waals surface area (Å²) in [5.74, 6) is 0. The molecule has 1 N–H and O–H groups in total. The minimum atomic E-state index is -4.11. The van der Waals surface area contributed by atoms with Gasteiger partial charge in [-0.1, -0.05) is 27.7 Å². The second-order valence-electron chi connectivity index (χ2n) is 5.67. The second kappa shape index (κ2) is 8.80. The van der Waals surface area contributed by atoms with E-state index < -0.39 is 12.7 Å². The lowest BCUT2D eigenvalue weighted by Gasteiger charge is -2.35. The Morgan fingerprint density at radius 2 is 1.63 bits per heavy atom. The molecule has 2 nitrogen and oxygen atoms in total. The first-order valence-electron chi connectivity index (χ1n) is 7.26. The van der Waals surface area contributed by atoms with Crippen LogP contribution >= 0.6 is 0 Å². The Labute approximate surface area is 115 Å². The van der Waals surface area contributed by atoms with Crippen molar-refractivity contribution in [3.05, 3.63) is 0 Å². The van der Waals surface area contributed by atoms with Crippen molar-refractivity contribution in [2.45, 2.75) is 53.1 Å². The Balaban J connectivity index is 4.48. The highest BCUT2D eigenvalue weighted by Gasteiger charge is 2.33. The maximum Gasteiger partial charge on any atom is 0.401 e. The van der Waals surface area contributed by atoms with Gasteiger partial charge in [-0.2, -0.15) is 13.2 Å². The molecule has 0 aromatic carbocycles. The number of rotatable bonds is 10. The molecule has 5 heteroatoms. The van der Waals surface area contributed by atoms with Gasteiger partial charge in [-0.3, -0.25) is 4.90 Å². The molecule has 116 valence electrons. The molecule has 0 aliphatic rings. The smallest absolute Gasteiger partial charge is 0.316 e. The molecule has 0 aliphatic heterocycles. The molecule has 0 fully saturated rings. The van der Waals surface area contributed by atoms with Crippen molar-refractivity contribution in [1.29, 1.82) is 0 Å². The van der Waals surface area contributed by atoms with Crippen LogP contribution in [0.1, 0.15) is 47.0 Å². The van der Waals surface area contributed by atoms with Gasteiger partial charge in [0.2, 0.25) is 0 Å². The van der Waals surface area contributed by atoms with E-state index in [1.54, 1.807) is 0 Å². The fourth-order valence-corrected chi connectivity index (χ4v) is 2.18. The SMILES string of the molecule is CCCNCC(C)(CC)CN(CCC)CC(F)(F)F. The standard InChI is InChI=1S/C14H29F3N2/c1-5-8-18-10-13(4,7-3)11-19(9-6-2)12-14(15,16)17/h18H,5-12H2,1-4H3. The first-order valence-corrected chi connectivity index (χ1v) is 7.26. The first kappa shape index (κ1) is 18.7. The van der Waals surface area contributed by atoms with Gasteiger partial charge in [-0.05, 0) is 37.8 Å². The van der Waals surface area contributed by atoms with Gasteiger partial charge in [0.05, 0.1) is 6.54 Å². The second-order valence-corrected chi connectivity index (χ2v) is 5.67. The van der Waals surface area contributed by atoms with E-state index in [0.717, 1.165) is 32.4 Å². The predicted octanol–water partition coefficient (Wildman–Crippen LogP) is 3.68. The average Bonchev–Trinajstić information content (AvgIpc) is 2.27. The van der Waals surface area contributed by atoms with Gasteiger partial charge < -0.3 is 5.32 Å². The number of halogens is 3. The van der Waals surface area contributed by atoms with Gasteiger partial charge in [0.25, 0.3) is 0 Å². The lowest BCUT2D eigenvalue weighted by molar-refractivity contribution is -0.149. The Kier molecular flexibility index (Phi) is 8.66. The molecule has 0 amide bonds. The van der Waals surface area contributed by atoms with E-state index in [4.69, 9.17) is 0 Å². The summed E-state index contributed by atoms with van der Waals surface area (Å²) < 4.78 is 37.7. The van der Waals surface area contributed by atoms with Crippen molar-refractivity contribution >= 4 is 0 Å². The topological polar surface area (TPSA) is 15.3 Å². The zero-order chi connectivity index (χ0) is 14.9. The number of nitrogens with zero attached hydrogens (tertiary/aromatic N) is 1. The molecule has 0 heterocycles. The monoisotopic (exact) mass is 282 g/mol. The minimum Gasteiger partial charge on any atom is -0.316 e.